The van der Waals surface area contributed by atoms with Crippen molar-refractivity contribution in [2.24, 2.45) is 0 Å². The average Bonchev–Trinajstić information content (AvgIpc) is 3.23. The van der Waals surface area contributed by atoms with E-state index in [-0.39, 0.29) is 13.0 Å². The minimum Gasteiger partial charge on any atom is -0.493 e. The standard InChI is InChI=1S/C25H20ClFN2O3/c26-18-7-4-6-17(14-18)22-16-29(20-8-2-1-3-9-20)28-25(22)21-15-19(27)11-12-23(21)32-13-5-10-24(30)31/h1-4,6-9,11-12,14-16H,5,10,13H2,(H,30,31). The van der Waals surface area contributed by atoms with E-state index in [2.05, 4.69) is 0 Å². The molecular formula is C25H20ClFN2O3. The van der Waals surface area contributed by atoms with Gasteiger partial charge in [-0.05, 0) is 54.4 Å². The quantitative estimate of drug-likeness (QED) is 0.322. The number of aromatic nitrogens is 2. The van der Waals surface area contributed by atoms with E-state index in [1.165, 1.54) is 18.2 Å². The van der Waals surface area contributed by atoms with Crippen molar-refractivity contribution >= 4 is 17.6 Å². The van der Waals surface area contributed by atoms with E-state index in [0.29, 0.717) is 28.5 Å². The van der Waals surface area contributed by atoms with Crippen molar-refractivity contribution in [3.63, 3.8) is 0 Å². The lowest BCUT2D eigenvalue weighted by atomic mass is 10.0. The van der Waals surface area contributed by atoms with Crippen LogP contribution in [-0.4, -0.2) is 27.5 Å². The van der Waals surface area contributed by atoms with Gasteiger partial charge in [0.25, 0.3) is 0 Å². The second-order valence-corrected chi connectivity index (χ2v) is 7.60. The lowest BCUT2D eigenvalue weighted by Crippen LogP contribution is -2.03. The summed E-state index contributed by atoms with van der Waals surface area (Å²) in [5, 5.41) is 14.2. The van der Waals surface area contributed by atoms with Gasteiger partial charge >= 0.3 is 5.97 Å². The molecule has 0 aliphatic carbocycles. The molecule has 0 saturated heterocycles. The third-order valence-electron chi connectivity index (χ3n) is 4.86. The Kier molecular flexibility index (Phi) is 6.52. The minimum atomic E-state index is -0.891. The minimum absolute atomic E-state index is 0.00702. The van der Waals surface area contributed by atoms with Crippen LogP contribution >= 0.6 is 11.6 Å². The lowest BCUT2D eigenvalue weighted by Gasteiger charge is -2.11. The molecule has 0 atom stereocenters. The van der Waals surface area contributed by atoms with E-state index in [0.717, 1.165) is 16.8 Å². The molecule has 0 saturated carbocycles. The maximum absolute atomic E-state index is 14.3. The number of carboxylic acid groups (broad SMARTS) is 1. The summed E-state index contributed by atoms with van der Waals surface area (Å²) in [5.41, 5.74) is 3.45. The van der Waals surface area contributed by atoms with Crippen LogP contribution in [0.2, 0.25) is 5.02 Å². The largest absolute Gasteiger partial charge is 0.493 e. The number of para-hydroxylation sites is 1. The smallest absolute Gasteiger partial charge is 0.303 e. The fourth-order valence-corrected chi connectivity index (χ4v) is 3.56. The summed E-state index contributed by atoms with van der Waals surface area (Å²) in [6.07, 6.45) is 2.20. The molecule has 3 aromatic carbocycles. The predicted octanol–water partition coefficient (Wildman–Crippen LogP) is 6.24. The number of hydrogen-bond donors (Lipinski definition) is 1. The summed E-state index contributed by atoms with van der Waals surface area (Å²) < 4.78 is 21.8. The fraction of sp³-hybridized carbons (Fsp3) is 0.120. The van der Waals surface area contributed by atoms with Crippen LogP contribution in [0.25, 0.3) is 28.1 Å². The zero-order chi connectivity index (χ0) is 22.5. The van der Waals surface area contributed by atoms with E-state index < -0.39 is 11.8 Å². The first-order valence-electron chi connectivity index (χ1n) is 10.1. The van der Waals surface area contributed by atoms with Gasteiger partial charge < -0.3 is 9.84 Å². The third-order valence-corrected chi connectivity index (χ3v) is 5.09. The van der Waals surface area contributed by atoms with Gasteiger partial charge in [0.2, 0.25) is 0 Å². The van der Waals surface area contributed by atoms with Gasteiger partial charge in [-0.3, -0.25) is 4.79 Å². The molecule has 5 nitrogen and oxygen atoms in total. The number of aliphatic carboxylic acids is 1. The van der Waals surface area contributed by atoms with Gasteiger partial charge in [0.05, 0.1) is 12.3 Å². The maximum Gasteiger partial charge on any atom is 0.303 e. The lowest BCUT2D eigenvalue weighted by molar-refractivity contribution is -0.137. The van der Waals surface area contributed by atoms with Crippen molar-refractivity contribution in [2.75, 3.05) is 6.61 Å². The summed E-state index contributed by atoms with van der Waals surface area (Å²) >= 11 is 6.22. The highest BCUT2D eigenvalue weighted by Crippen LogP contribution is 2.38. The Morgan fingerprint density at radius 1 is 1.03 bits per heavy atom. The van der Waals surface area contributed by atoms with Gasteiger partial charge in [-0.15, -0.1) is 0 Å². The summed E-state index contributed by atoms with van der Waals surface area (Å²) in [6.45, 7) is 0.191. The molecular weight excluding hydrogens is 431 g/mol. The molecule has 0 fully saturated rings. The van der Waals surface area contributed by atoms with Gasteiger partial charge in [0.1, 0.15) is 17.3 Å². The second-order valence-electron chi connectivity index (χ2n) is 7.17. The maximum atomic E-state index is 14.3. The van der Waals surface area contributed by atoms with Crippen molar-refractivity contribution in [3.05, 3.63) is 89.8 Å². The Morgan fingerprint density at radius 2 is 1.84 bits per heavy atom. The Balaban J connectivity index is 1.81. The molecule has 7 heteroatoms. The van der Waals surface area contributed by atoms with Gasteiger partial charge in [-0.1, -0.05) is 41.9 Å². The molecule has 0 aliphatic rings. The van der Waals surface area contributed by atoms with Crippen LogP contribution in [-0.2, 0) is 4.79 Å². The Labute approximate surface area is 189 Å². The molecule has 162 valence electrons. The van der Waals surface area contributed by atoms with Crippen LogP contribution < -0.4 is 4.74 Å². The molecule has 0 amide bonds. The molecule has 1 heterocycles. The zero-order valence-corrected chi connectivity index (χ0v) is 17.8. The topological polar surface area (TPSA) is 64.3 Å². The number of hydrogen-bond acceptors (Lipinski definition) is 3. The van der Waals surface area contributed by atoms with Crippen molar-refractivity contribution < 1.29 is 19.0 Å². The normalized spacial score (nSPS) is 10.8. The third kappa shape index (κ3) is 4.98. The molecule has 0 radical (unpaired) electrons. The van der Waals surface area contributed by atoms with Crippen LogP contribution in [0.3, 0.4) is 0 Å². The van der Waals surface area contributed by atoms with E-state index in [1.807, 2.05) is 54.7 Å². The number of nitrogens with zero attached hydrogens (tertiary/aromatic N) is 2. The molecule has 4 rings (SSSR count). The molecule has 4 aromatic rings. The van der Waals surface area contributed by atoms with Crippen molar-refractivity contribution in [3.8, 4) is 33.8 Å². The van der Waals surface area contributed by atoms with Gasteiger partial charge in [0.15, 0.2) is 0 Å². The Morgan fingerprint density at radius 3 is 2.59 bits per heavy atom. The number of rotatable bonds is 8. The summed E-state index contributed by atoms with van der Waals surface area (Å²) in [6, 6.07) is 21.2. The van der Waals surface area contributed by atoms with Gasteiger partial charge in [-0.2, -0.15) is 5.10 Å². The number of carboxylic acids is 1. The van der Waals surface area contributed by atoms with Crippen LogP contribution in [0.5, 0.6) is 5.75 Å². The number of halogens is 2. The van der Waals surface area contributed by atoms with Gasteiger partial charge in [0, 0.05) is 28.8 Å². The number of ether oxygens (including phenoxy) is 1. The molecule has 1 aromatic heterocycles. The Hall–Kier alpha value is -3.64. The Bertz CT molecular complexity index is 1240. The highest BCUT2D eigenvalue weighted by molar-refractivity contribution is 6.30. The molecule has 0 aliphatic heterocycles. The number of benzene rings is 3. The highest BCUT2D eigenvalue weighted by atomic mass is 35.5. The monoisotopic (exact) mass is 450 g/mol. The SMILES string of the molecule is O=C(O)CCCOc1ccc(F)cc1-c1nn(-c2ccccc2)cc1-c1cccc(Cl)c1. The van der Waals surface area contributed by atoms with Crippen LogP contribution in [0.4, 0.5) is 4.39 Å². The second kappa shape index (κ2) is 9.66. The average molecular weight is 451 g/mol. The first kappa shape index (κ1) is 21.6. The van der Waals surface area contributed by atoms with Crippen LogP contribution in [0.15, 0.2) is 79.0 Å². The summed E-state index contributed by atoms with van der Waals surface area (Å²) in [4.78, 5) is 10.8. The molecule has 0 spiro atoms. The van der Waals surface area contributed by atoms with E-state index in [4.69, 9.17) is 26.5 Å². The predicted molar refractivity (Wildman–Crippen MR) is 122 cm³/mol. The van der Waals surface area contributed by atoms with E-state index in [9.17, 15) is 9.18 Å². The van der Waals surface area contributed by atoms with E-state index in [1.54, 1.807) is 10.7 Å². The first-order valence-corrected chi connectivity index (χ1v) is 10.4. The highest BCUT2D eigenvalue weighted by Gasteiger charge is 2.19. The fourth-order valence-electron chi connectivity index (χ4n) is 3.37. The molecule has 0 unspecified atom stereocenters. The van der Waals surface area contributed by atoms with Crippen LogP contribution in [0, 0.1) is 5.82 Å². The zero-order valence-electron chi connectivity index (χ0n) is 17.0. The molecule has 0 bridgehead atoms. The molecule has 32 heavy (non-hydrogen) atoms. The molecule has 1 N–H and O–H groups in total. The van der Waals surface area contributed by atoms with Gasteiger partial charge in [-0.25, -0.2) is 9.07 Å². The van der Waals surface area contributed by atoms with Crippen molar-refractivity contribution in [1.82, 2.24) is 9.78 Å². The van der Waals surface area contributed by atoms with Crippen molar-refractivity contribution in [2.45, 2.75) is 12.8 Å². The van der Waals surface area contributed by atoms with E-state index >= 15 is 0 Å². The van der Waals surface area contributed by atoms with Crippen molar-refractivity contribution in [1.29, 1.82) is 0 Å². The summed E-state index contributed by atoms with van der Waals surface area (Å²) in [5.74, 6) is -0.889. The number of carbonyl (C=O) groups is 1. The summed E-state index contributed by atoms with van der Waals surface area (Å²) in [7, 11) is 0. The van der Waals surface area contributed by atoms with Crippen LogP contribution in [0.1, 0.15) is 12.8 Å². The first-order chi connectivity index (χ1) is 15.5.